The first-order valence-corrected chi connectivity index (χ1v) is 4.62. The molecule has 0 radical (unpaired) electrons. The standard InChI is InChI=1S/C13H12O/c1-10-3-2-4-12(9-10)11-5-7-13(14)8-6-11/h2-9,14H,1H3. The fourth-order valence-corrected chi connectivity index (χ4v) is 1.48. The van der Waals surface area contributed by atoms with E-state index in [2.05, 4.69) is 25.1 Å². The van der Waals surface area contributed by atoms with Crippen molar-refractivity contribution in [2.24, 2.45) is 0 Å². The zero-order valence-electron chi connectivity index (χ0n) is 8.07. The maximum Gasteiger partial charge on any atom is 0.115 e. The molecule has 0 amide bonds. The van der Waals surface area contributed by atoms with E-state index in [1.165, 1.54) is 11.1 Å². The molecule has 0 saturated carbocycles. The lowest BCUT2D eigenvalue weighted by Gasteiger charge is -2.02. The van der Waals surface area contributed by atoms with Gasteiger partial charge in [-0.1, -0.05) is 42.0 Å². The topological polar surface area (TPSA) is 20.2 Å². The van der Waals surface area contributed by atoms with Crippen molar-refractivity contribution in [3.63, 3.8) is 0 Å². The summed E-state index contributed by atoms with van der Waals surface area (Å²) in [5.41, 5.74) is 3.56. The van der Waals surface area contributed by atoms with E-state index in [1.54, 1.807) is 12.1 Å². The van der Waals surface area contributed by atoms with Crippen molar-refractivity contribution in [2.75, 3.05) is 0 Å². The first kappa shape index (κ1) is 8.82. The first-order chi connectivity index (χ1) is 6.75. The number of aryl methyl sites for hydroxylation is 1. The molecule has 70 valence electrons. The fraction of sp³-hybridized carbons (Fsp3) is 0.0769. The van der Waals surface area contributed by atoms with Crippen molar-refractivity contribution in [2.45, 2.75) is 6.92 Å². The molecule has 0 aliphatic rings. The molecule has 0 fully saturated rings. The smallest absolute Gasteiger partial charge is 0.115 e. The van der Waals surface area contributed by atoms with Crippen LogP contribution >= 0.6 is 0 Å². The van der Waals surface area contributed by atoms with Crippen molar-refractivity contribution in [3.8, 4) is 16.9 Å². The van der Waals surface area contributed by atoms with E-state index in [9.17, 15) is 0 Å². The Morgan fingerprint density at radius 1 is 0.857 bits per heavy atom. The Bertz CT molecular complexity index is 429. The normalized spacial score (nSPS) is 10.1. The van der Waals surface area contributed by atoms with Crippen molar-refractivity contribution < 1.29 is 5.11 Å². The second-order valence-corrected chi connectivity index (χ2v) is 3.42. The molecule has 2 aromatic rings. The summed E-state index contributed by atoms with van der Waals surface area (Å²) in [7, 11) is 0. The van der Waals surface area contributed by atoms with Gasteiger partial charge < -0.3 is 5.11 Å². The van der Waals surface area contributed by atoms with Gasteiger partial charge in [0.05, 0.1) is 0 Å². The molecule has 0 aromatic heterocycles. The average molecular weight is 184 g/mol. The van der Waals surface area contributed by atoms with E-state index < -0.39 is 0 Å². The van der Waals surface area contributed by atoms with Crippen LogP contribution in [0.2, 0.25) is 0 Å². The van der Waals surface area contributed by atoms with Crippen LogP contribution in [-0.4, -0.2) is 5.11 Å². The number of benzene rings is 2. The molecule has 0 aliphatic carbocycles. The maximum absolute atomic E-state index is 9.16. The second-order valence-electron chi connectivity index (χ2n) is 3.42. The highest BCUT2D eigenvalue weighted by Crippen LogP contribution is 2.22. The molecule has 0 unspecified atom stereocenters. The minimum absolute atomic E-state index is 0.307. The number of phenolic OH excluding ortho intramolecular Hbond substituents is 1. The molecule has 14 heavy (non-hydrogen) atoms. The summed E-state index contributed by atoms with van der Waals surface area (Å²) in [4.78, 5) is 0. The molecule has 1 heteroatoms. The SMILES string of the molecule is Cc1cccc(-c2ccc(O)cc2)c1. The van der Waals surface area contributed by atoms with Crippen molar-refractivity contribution >= 4 is 0 Å². The van der Waals surface area contributed by atoms with Gasteiger partial charge in [-0.05, 0) is 30.2 Å². The number of aromatic hydroxyl groups is 1. The van der Waals surface area contributed by atoms with E-state index >= 15 is 0 Å². The number of hydrogen-bond acceptors (Lipinski definition) is 1. The lowest BCUT2D eigenvalue weighted by Crippen LogP contribution is -1.78. The van der Waals surface area contributed by atoms with Gasteiger partial charge in [0.25, 0.3) is 0 Å². The molecule has 0 atom stereocenters. The quantitative estimate of drug-likeness (QED) is 0.720. The van der Waals surface area contributed by atoms with Gasteiger partial charge in [-0.3, -0.25) is 0 Å². The molecule has 1 nitrogen and oxygen atoms in total. The highest BCUT2D eigenvalue weighted by molar-refractivity contribution is 5.64. The summed E-state index contributed by atoms with van der Waals surface area (Å²) < 4.78 is 0. The molecular weight excluding hydrogens is 172 g/mol. The highest BCUT2D eigenvalue weighted by Gasteiger charge is 1.96. The first-order valence-electron chi connectivity index (χ1n) is 4.62. The van der Waals surface area contributed by atoms with E-state index in [1.807, 2.05) is 18.2 Å². The predicted molar refractivity (Wildman–Crippen MR) is 58.3 cm³/mol. The maximum atomic E-state index is 9.16. The monoisotopic (exact) mass is 184 g/mol. The van der Waals surface area contributed by atoms with Gasteiger partial charge in [0.15, 0.2) is 0 Å². The molecule has 1 N–H and O–H groups in total. The van der Waals surface area contributed by atoms with Crippen LogP contribution in [0.3, 0.4) is 0 Å². The van der Waals surface area contributed by atoms with Crippen molar-refractivity contribution in [1.82, 2.24) is 0 Å². The highest BCUT2D eigenvalue weighted by atomic mass is 16.3. The summed E-state index contributed by atoms with van der Waals surface area (Å²) in [6.45, 7) is 2.07. The van der Waals surface area contributed by atoms with E-state index in [4.69, 9.17) is 5.11 Å². The van der Waals surface area contributed by atoms with Crippen LogP contribution in [0.15, 0.2) is 48.5 Å². The Morgan fingerprint density at radius 2 is 1.57 bits per heavy atom. The Hall–Kier alpha value is -1.76. The molecular formula is C13H12O. The third-order valence-corrected chi connectivity index (χ3v) is 2.22. The predicted octanol–water partition coefficient (Wildman–Crippen LogP) is 3.37. The van der Waals surface area contributed by atoms with Gasteiger partial charge >= 0.3 is 0 Å². The largest absolute Gasteiger partial charge is 0.508 e. The molecule has 0 heterocycles. The molecule has 2 rings (SSSR count). The van der Waals surface area contributed by atoms with Gasteiger partial charge in [0, 0.05) is 0 Å². The summed E-state index contributed by atoms with van der Waals surface area (Å²) in [6.07, 6.45) is 0. The lowest BCUT2D eigenvalue weighted by molar-refractivity contribution is 0.475. The third-order valence-electron chi connectivity index (χ3n) is 2.22. The van der Waals surface area contributed by atoms with Gasteiger partial charge in [-0.2, -0.15) is 0 Å². The van der Waals surface area contributed by atoms with E-state index in [0.717, 1.165) is 5.56 Å². The number of rotatable bonds is 1. The van der Waals surface area contributed by atoms with Crippen LogP contribution in [0.4, 0.5) is 0 Å². The lowest BCUT2D eigenvalue weighted by atomic mass is 10.0. The van der Waals surface area contributed by atoms with Crippen LogP contribution in [0.25, 0.3) is 11.1 Å². The molecule has 0 spiro atoms. The molecule has 0 bridgehead atoms. The van der Waals surface area contributed by atoms with Gasteiger partial charge in [0.1, 0.15) is 5.75 Å². The van der Waals surface area contributed by atoms with Crippen molar-refractivity contribution in [3.05, 3.63) is 54.1 Å². The molecule has 2 aromatic carbocycles. The third kappa shape index (κ3) is 1.77. The van der Waals surface area contributed by atoms with Crippen LogP contribution in [0.5, 0.6) is 5.75 Å². The van der Waals surface area contributed by atoms with Crippen LogP contribution in [-0.2, 0) is 0 Å². The zero-order chi connectivity index (χ0) is 9.97. The Balaban J connectivity index is 2.44. The Kier molecular flexibility index (Phi) is 2.23. The minimum atomic E-state index is 0.307. The van der Waals surface area contributed by atoms with E-state index in [0.29, 0.717) is 5.75 Å². The van der Waals surface area contributed by atoms with Gasteiger partial charge in [-0.15, -0.1) is 0 Å². The van der Waals surface area contributed by atoms with Gasteiger partial charge in [0.2, 0.25) is 0 Å². The summed E-state index contributed by atoms with van der Waals surface area (Å²) in [5.74, 6) is 0.307. The zero-order valence-corrected chi connectivity index (χ0v) is 8.07. The second kappa shape index (κ2) is 3.54. The number of hydrogen-bond donors (Lipinski definition) is 1. The summed E-state index contributed by atoms with van der Waals surface area (Å²) in [5, 5.41) is 9.16. The minimum Gasteiger partial charge on any atom is -0.508 e. The number of phenols is 1. The van der Waals surface area contributed by atoms with Crippen molar-refractivity contribution in [1.29, 1.82) is 0 Å². The average Bonchev–Trinajstić information content (AvgIpc) is 2.19. The summed E-state index contributed by atoms with van der Waals surface area (Å²) >= 11 is 0. The van der Waals surface area contributed by atoms with Crippen LogP contribution in [0, 0.1) is 6.92 Å². The Morgan fingerprint density at radius 3 is 2.21 bits per heavy atom. The van der Waals surface area contributed by atoms with E-state index in [-0.39, 0.29) is 0 Å². The summed E-state index contributed by atoms with van der Waals surface area (Å²) in [6, 6.07) is 15.6. The molecule has 0 aliphatic heterocycles. The Labute approximate surface area is 83.6 Å². The van der Waals surface area contributed by atoms with Gasteiger partial charge in [-0.25, -0.2) is 0 Å². The fourth-order valence-electron chi connectivity index (χ4n) is 1.48. The molecule has 0 saturated heterocycles. The van der Waals surface area contributed by atoms with Crippen LogP contribution < -0.4 is 0 Å². The van der Waals surface area contributed by atoms with Crippen LogP contribution in [0.1, 0.15) is 5.56 Å².